The summed E-state index contributed by atoms with van der Waals surface area (Å²) in [5.74, 6) is 0.889. The topological polar surface area (TPSA) is 24.9 Å². The lowest BCUT2D eigenvalue weighted by molar-refractivity contribution is 1.21. The minimum Gasteiger partial charge on any atom is -0.355 e. The monoisotopic (exact) mass is 140 g/mol. The van der Waals surface area contributed by atoms with E-state index in [9.17, 15) is 0 Å². The molecule has 0 spiro atoms. The van der Waals surface area contributed by atoms with Gasteiger partial charge in [-0.25, -0.2) is 4.98 Å². The number of rotatable bonds is 1. The Morgan fingerprint density at radius 2 is 2.33 bits per heavy atom. The maximum Gasteiger partial charge on any atom is 0.129 e. The van der Waals surface area contributed by atoms with Crippen molar-refractivity contribution in [1.29, 1.82) is 0 Å². The van der Waals surface area contributed by atoms with E-state index >= 15 is 0 Å². The molecule has 9 heavy (non-hydrogen) atoms. The largest absolute Gasteiger partial charge is 0.355 e. The normalized spacial score (nSPS) is 9.11. The molecular formula is C6H9N2P. The molecular weight excluding hydrogens is 131 g/mol. The van der Waals surface area contributed by atoms with E-state index in [1.807, 2.05) is 25.1 Å². The molecule has 0 amide bonds. The lowest BCUT2D eigenvalue weighted by atomic mass is 10.4. The molecule has 1 unspecified atom stereocenters. The van der Waals surface area contributed by atoms with Crippen LogP contribution in [0.4, 0.5) is 5.82 Å². The Balaban J connectivity index is 2.94. The fourth-order valence-electron chi connectivity index (χ4n) is 0.623. The van der Waals surface area contributed by atoms with Crippen molar-refractivity contribution >= 4 is 15.2 Å². The molecule has 2 nitrogen and oxygen atoms in total. The number of pyridine rings is 1. The van der Waals surface area contributed by atoms with E-state index < -0.39 is 0 Å². The standard InChI is InChI=1S/C6H9N2P/c1-5-3-2-4-6(7-5)8-9/h2-4H,9H2,1H3,(H,7,8). The maximum atomic E-state index is 4.16. The molecule has 0 aliphatic rings. The molecule has 1 rings (SSSR count). The zero-order valence-electron chi connectivity index (χ0n) is 5.26. The highest BCUT2D eigenvalue weighted by molar-refractivity contribution is 7.18. The maximum absolute atomic E-state index is 4.16. The molecule has 0 fully saturated rings. The first-order valence-electron chi connectivity index (χ1n) is 2.73. The zero-order chi connectivity index (χ0) is 6.69. The van der Waals surface area contributed by atoms with Gasteiger partial charge in [0, 0.05) is 5.69 Å². The van der Waals surface area contributed by atoms with E-state index in [0.29, 0.717) is 0 Å². The lowest BCUT2D eigenvalue weighted by Crippen LogP contribution is -1.85. The first-order chi connectivity index (χ1) is 4.33. The summed E-state index contributed by atoms with van der Waals surface area (Å²) in [6.07, 6.45) is 0. The Bertz CT molecular complexity index is 200. The van der Waals surface area contributed by atoms with Gasteiger partial charge in [-0.3, -0.25) is 0 Å². The van der Waals surface area contributed by atoms with Gasteiger partial charge in [0.15, 0.2) is 0 Å². The number of nitrogens with zero attached hydrogens (tertiary/aromatic N) is 1. The van der Waals surface area contributed by atoms with Gasteiger partial charge in [0.1, 0.15) is 5.82 Å². The van der Waals surface area contributed by atoms with Crippen LogP contribution < -0.4 is 5.09 Å². The molecule has 1 aromatic rings. The summed E-state index contributed by atoms with van der Waals surface area (Å²) in [6, 6.07) is 5.85. The van der Waals surface area contributed by atoms with Crippen LogP contribution in [-0.4, -0.2) is 4.98 Å². The van der Waals surface area contributed by atoms with Crippen LogP contribution in [0.5, 0.6) is 0 Å². The second-order valence-corrected chi connectivity index (χ2v) is 2.10. The average molecular weight is 140 g/mol. The van der Waals surface area contributed by atoms with Gasteiger partial charge in [0.25, 0.3) is 0 Å². The third kappa shape index (κ3) is 1.65. The molecule has 0 aromatic carbocycles. The Labute approximate surface area is 57.0 Å². The highest BCUT2D eigenvalue weighted by atomic mass is 31.0. The minimum absolute atomic E-state index is 0.889. The second kappa shape index (κ2) is 2.79. The number of aromatic nitrogens is 1. The fourth-order valence-corrected chi connectivity index (χ4v) is 0.784. The molecule has 0 bridgehead atoms. The summed E-state index contributed by atoms with van der Waals surface area (Å²) in [6.45, 7) is 1.96. The van der Waals surface area contributed by atoms with Gasteiger partial charge in [-0.1, -0.05) is 6.07 Å². The van der Waals surface area contributed by atoms with Gasteiger partial charge in [0.2, 0.25) is 0 Å². The van der Waals surface area contributed by atoms with Crippen LogP contribution in [0, 0.1) is 6.92 Å². The number of hydrogen-bond donors (Lipinski definition) is 1. The van der Waals surface area contributed by atoms with E-state index in [4.69, 9.17) is 0 Å². The zero-order valence-corrected chi connectivity index (χ0v) is 6.41. The fraction of sp³-hybridized carbons (Fsp3) is 0.167. The van der Waals surface area contributed by atoms with Gasteiger partial charge >= 0.3 is 0 Å². The molecule has 0 radical (unpaired) electrons. The molecule has 1 atom stereocenters. The van der Waals surface area contributed by atoms with Crippen molar-refractivity contribution in [2.24, 2.45) is 0 Å². The van der Waals surface area contributed by atoms with Gasteiger partial charge < -0.3 is 5.09 Å². The van der Waals surface area contributed by atoms with Crippen LogP contribution in [0.25, 0.3) is 0 Å². The van der Waals surface area contributed by atoms with Crippen LogP contribution in [0.2, 0.25) is 0 Å². The predicted octanol–water partition coefficient (Wildman–Crippen LogP) is 1.59. The summed E-state index contributed by atoms with van der Waals surface area (Å²) >= 11 is 0. The van der Waals surface area contributed by atoms with Crippen molar-refractivity contribution in [3.8, 4) is 0 Å². The highest BCUT2D eigenvalue weighted by Crippen LogP contribution is 2.04. The Morgan fingerprint density at radius 1 is 1.56 bits per heavy atom. The molecule has 1 aromatic heterocycles. The van der Waals surface area contributed by atoms with Crippen molar-refractivity contribution in [2.75, 3.05) is 5.09 Å². The first kappa shape index (κ1) is 6.50. The Kier molecular flexibility index (Phi) is 2.01. The third-order valence-corrected chi connectivity index (χ3v) is 1.33. The smallest absolute Gasteiger partial charge is 0.129 e. The number of anilines is 1. The molecule has 0 aliphatic carbocycles. The Morgan fingerprint density at radius 3 is 2.78 bits per heavy atom. The van der Waals surface area contributed by atoms with E-state index in [1.54, 1.807) is 0 Å². The lowest BCUT2D eigenvalue weighted by Gasteiger charge is -1.96. The number of nitrogens with one attached hydrogen (secondary N) is 1. The summed E-state index contributed by atoms with van der Waals surface area (Å²) in [4.78, 5) is 4.16. The molecule has 0 aliphatic heterocycles. The molecule has 1 N–H and O–H groups in total. The van der Waals surface area contributed by atoms with Gasteiger partial charge in [-0.05, 0) is 28.4 Å². The highest BCUT2D eigenvalue weighted by Gasteiger charge is 1.86. The van der Waals surface area contributed by atoms with Crippen LogP contribution in [0.3, 0.4) is 0 Å². The van der Waals surface area contributed by atoms with Crippen LogP contribution in [0.1, 0.15) is 5.69 Å². The van der Waals surface area contributed by atoms with Gasteiger partial charge in [0.05, 0.1) is 0 Å². The molecule has 0 saturated carbocycles. The van der Waals surface area contributed by atoms with Gasteiger partial charge in [-0.15, -0.1) is 0 Å². The van der Waals surface area contributed by atoms with E-state index in [1.165, 1.54) is 0 Å². The summed E-state index contributed by atoms with van der Waals surface area (Å²) < 4.78 is 0. The molecule has 3 heteroatoms. The van der Waals surface area contributed by atoms with Crippen molar-refractivity contribution in [3.05, 3.63) is 23.9 Å². The number of hydrogen-bond acceptors (Lipinski definition) is 2. The molecule has 0 saturated heterocycles. The van der Waals surface area contributed by atoms with Crippen LogP contribution >= 0.6 is 9.39 Å². The first-order valence-corrected chi connectivity index (χ1v) is 3.31. The summed E-state index contributed by atoms with van der Waals surface area (Å²) in [5, 5.41) is 2.87. The van der Waals surface area contributed by atoms with Crippen molar-refractivity contribution in [3.63, 3.8) is 0 Å². The average Bonchev–Trinajstić information content (AvgIpc) is 1.88. The van der Waals surface area contributed by atoms with E-state index in [2.05, 4.69) is 19.5 Å². The Hall–Kier alpha value is -0.620. The SMILES string of the molecule is Cc1cccc(NP)n1. The summed E-state index contributed by atoms with van der Waals surface area (Å²) in [5.41, 5.74) is 1.03. The van der Waals surface area contributed by atoms with Crippen LogP contribution in [0.15, 0.2) is 18.2 Å². The quantitative estimate of drug-likeness (QED) is 0.599. The predicted molar refractivity (Wildman–Crippen MR) is 42.3 cm³/mol. The molecule has 48 valence electrons. The van der Waals surface area contributed by atoms with E-state index in [-0.39, 0.29) is 0 Å². The molecule has 1 heterocycles. The van der Waals surface area contributed by atoms with Crippen LogP contribution in [-0.2, 0) is 0 Å². The minimum atomic E-state index is 0.889. The number of aryl methyl sites for hydroxylation is 1. The second-order valence-electron chi connectivity index (χ2n) is 1.81. The van der Waals surface area contributed by atoms with Crippen molar-refractivity contribution in [1.82, 2.24) is 4.98 Å². The van der Waals surface area contributed by atoms with Gasteiger partial charge in [-0.2, -0.15) is 0 Å². The van der Waals surface area contributed by atoms with Crippen molar-refractivity contribution in [2.45, 2.75) is 6.92 Å². The van der Waals surface area contributed by atoms with E-state index in [0.717, 1.165) is 11.5 Å². The third-order valence-electron chi connectivity index (χ3n) is 1.04. The summed E-state index contributed by atoms with van der Waals surface area (Å²) in [7, 11) is 2.40. The van der Waals surface area contributed by atoms with Crippen molar-refractivity contribution < 1.29 is 0 Å².